The topological polar surface area (TPSA) is 61.0 Å². The Morgan fingerprint density at radius 3 is 3.08 bits per heavy atom. The zero-order chi connectivity index (χ0) is 9.84. The van der Waals surface area contributed by atoms with Gasteiger partial charge in [0.2, 0.25) is 11.8 Å². The molecule has 0 aliphatic rings. The van der Waals surface area contributed by atoms with E-state index in [0.29, 0.717) is 0 Å². The van der Waals surface area contributed by atoms with E-state index in [0.717, 1.165) is 6.20 Å². The number of hydrogen-bond donors (Lipinski definition) is 1. The zero-order valence-corrected chi connectivity index (χ0v) is 6.99. The minimum atomic E-state index is -0.684. The molecule has 0 saturated heterocycles. The largest absolute Gasteiger partial charge is 0.459 e. The van der Waals surface area contributed by atoms with Crippen molar-refractivity contribution in [2.24, 2.45) is 0 Å². The van der Waals surface area contributed by atoms with Gasteiger partial charge in [0.1, 0.15) is 0 Å². The lowest BCUT2D eigenvalue weighted by atomic mass is 10.4. The summed E-state index contributed by atoms with van der Waals surface area (Å²) in [5.41, 5.74) is 5.22. The molecule has 1 aromatic heterocycles. The van der Waals surface area contributed by atoms with Crippen molar-refractivity contribution in [2.45, 2.75) is 13.0 Å². The Bertz CT molecular complexity index is 348. The molecule has 0 aliphatic heterocycles. The van der Waals surface area contributed by atoms with E-state index in [9.17, 15) is 4.39 Å². The monoisotopic (exact) mass is 181 g/mol. The summed E-state index contributed by atoms with van der Waals surface area (Å²) in [7, 11) is 0. The minimum absolute atomic E-state index is 0.0550. The van der Waals surface area contributed by atoms with Gasteiger partial charge in [-0.3, -0.25) is 0 Å². The summed E-state index contributed by atoms with van der Waals surface area (Å²) in [4.78, 5) is 6.97. The van der Waals surface area contributed by atoms with E-state index in [-0.39, 0.29) is 11.8 Å². The third-order valence-electron chi connectivity index (χ3n) is 1.25. The molecule has 0 spiro atoms. The fourth-order valence-corrected chi connectivity index (χ4v) is 0.648. The quantitative estimate of drug-likeness (QED) is 0.678. The molecule has 0 aliphatic carbocycles. The van der Waals surface area contributed by atoms with Crippen LogP contribution in [-0.2, 0) is 0 Å². The molecule has 0 amide bonds. The number of nitrogens with zero attached hydrogens (tertiary/aromatic N) is 2. The van der Waals surface area contributed by atoms with Crippen molar-refractivity contribution in [3.05, 3.63) is 12.0 Å². The lowest BCUT2D eigenvalue weighted by molar-refractivity contribution is 0.253. The average Bonchev–Trinajstić information content (AvgIpc) is 2.11. The molecule has 1 atom stereocenters. The van der Waals surface area contributed by atoms with Crippen LogP contribution in [0, 0.1) is 18.2 Å². The first kappa shape index (κ1) is 9.26. The predicted molar refractivity (Wildman–Crippen MR) is 45.3 cm³/mol. The van der Waals surface area contributed by atoms with Crippen molar-refractivity contribution in [3.63, 3.8) is 0 Å². The molecular formula is C8H8FN3O. The maximum absolute atomic E-state index is 12.9. The van der Waals surface area contributed by atoms with Crippen LogP contribution in [0.25, 0.3) is 0 Å². The fraction of sp³-hybridized carbons (Fsp3) is 0.250. The van der Waals surface area contributed by atoms with E-state index in [4.69, 9.17) is 16.9 Å². The van der Waals surface area contributed by atoms with Gasteiger partial charge in [0.15, 0.2) is 6.10 Å². The highest BCUT2D eigenvalue weighted by Crippen LogP contribution is 2.14. The molecule has 0 radical (unpaired) electrons. The molecular weight excluding hydrogens is 173 g/mol. The van der Waals surface area contributed by atoms with Crippen molar-refractivity contribution in [2.75, 3.05) is 5.73 Å². The molecule has 0 saturated carbocycles. The third-order valence-corrected chi connectivity index (χ3v) is 1.25. The Hall–Kier alpha value is -1.83. The first-order valence-corrected chi connectivity index (χ1v) is 3.54. The Labute approximate surface area is 74.9 Å². The van der Waals surface area contributed by atoms with Gasteiger partial charge in [0, 0.05) is 0 Å². The maximum atomic E-state index is 12.9. The van der Waals surface area contributed by atoms with Gasteiger partial charge in [-0.1, -0.05) is 5.92 Å². The highest BCUT2D eigenvalue weighted by atomic mass is 19.1. The second-order valence-corrected chi connectivity index (χ2v) is 2.31. The lowest BCUT2D eigenvalue weighted by Gasteiger charge is -2.07. The van der Waals surface area contributed by atoms with Gasteiger partial charge in [-0.15, -0.1) is 6.42 Å². The van der Waals surface area contributed by atoms with Gasteiger partial charge in [-0.25, -0.2) is 4.98 Å². The summed E-state index contributed by atoms with van der Waals surface area (Å²) in [5.74, 6) is 1.31. The van der Waals surface area contributed by atoms with Crippen molar-refractivity contribution in [1.82, 2.24) is 9.97 Å². The van der Waals surface area contributed by atoms with Crippen LogP contribution in [0.4, 0.5) is 10.3 Å². The molecule has 4 nitrogen and oxygen atoms in total. The minimum Gasteiger partial charge on any atom is -0.459 e. The first-order valence-electron chi connectivity index (χ1n) is 3.54. The van der Waals surface area contributed by atoms with Crippen LogP contribution in [0.1, 0.15) is 6.92 Å². The van der Waals surface area contributed by atoms with Crippen LogP contribution < -0.4 is 10.5 Å². The summed E-state index contributed by atoms with van der Waals surface area (Å²) < 4.78 is 17.8. The number of rotatable bonds is 2. The summed E-state index contributed by atoms with van der Waals surface area (Å²) in [5, 5.41) is 0. The molecule has 0 aromatic carbocycles. The lowest BCUT2D eigenvalue weighted by Crippen LogP contribution is -2.11. The maximum Gasteiger partial charge on any atom is 0.256 e. The van der Waals surface area contributed by atoms with Crippen LogP contribution in [0.2, 0.25) is 0 Å². The molecule has 0 bridgehead atoms. The number of hydrogen-bond acceptors (Lipinski definition) is 4. The Morgan fingerprint density at radius 2 is 2.46 bits per heavy atom. The van der Waals surface area contributed by atoms with Crippen molar-refractivity contribution >= 4 is 5.95 Å². The predicted octanol–water partition coefficient (Wildman–Crippen LogP) is 0.598. The molecule has 1 heterocycles. The molecule has 68 valence electrons. The molecule has 0 fully saturated rings. The molecule has 1 unspecified atom stereocenters. The van der Waals surface area contributed by atoms with E-state index in [1.807, 2.05) is 0 Å². The number of anilines is 1. The summed E-state index contributed by atoms with van der Waals surface area (Å²) in [6.45, 7) is 1.59. The van der Waals surface area contributed by atoms with E-state index < -0.39 is 11.9 Å². The third kappa shape index (κ3) is 2.30. The van der Waals surface area contributed by atoms with Crippen molar-refractivity contribution < 1.29 is 9.13 Å². The molecule has 13 heavy (non-hydrogen) atoms. The molecule has 1 rings (SSSR count). The number of aromatic nitrogens is 2. The number of halogens is 1. The Kier molecular flexibility index (Phi) is 2.65. The van der Waals surface area contributed by atoms with Gasteiger partial charge in [-0.05, 0) is 6.92 Å². The number of terminal acetylenes is 1. The van der Waals surface area contributed by atoms with E-state index >= 15 is 0 Å². The first-order chi connectivity index (χ1) is 6.13. The van der Waals surface area contributed by atoms with Gasteiger partial charge >= 0.3 is 0 Å². The zero-order valence-electron chi connectivity index (χ0n) is 6.99. The van der Waals surface area contributed by atoms with E-state index in [1.165, 1.54) is 0 Å². The number of nitrogen functional groups attached to an aromatic ring is 1. The van der Waals surface area contributed by atoms with Gasteiger partial charge in [0.05, 0.1) is 6.20 Å². The Morgan fingerprint density at radius 1 is 1.77 bits per heavy atom. The summed E-state index contributed by atoms with van der Waals surface area (Å²) in [6.07, 6.45) is 5.42. The molecule has 2 N–H and O–H groups in total. The van der Waals surface area contributed by atoms with Gasteiger partial charge in [0.25, 0.3) is 5.88 Å². The van der Waals surface area contributed by atoms with Crippen molar-refractivity contribution in [3.8, 4) is 18.2 Å². The van der Waals surface area contributed by atoms with Crippen LogP contribution in [0.3, 0.4) is 0 Å². The second-order valence-electron chi connectivity index (χ2n) is 2.31. The number of ether oxygens (including phenoxy) is 1. The standard InChI is InChI=1S/C8H8FN3O/c1-3-5(2)13-7-6(9)4-11-8(10)12-7/h1,4-5H,2H3,(H2,10,11,12). The van der Waals surface area contributed by atoms with Crippen LogP contribution >= 0.6 is 0 Å². The summed E-state index contributed by atoms with van der Waals surface area (Å²) in [6, 6.07) is 0. The smallest absolute Gasteiger partial charge is 0.256 e. The highest BCUT2D eigenvalue weighted by Gasteiger charge is 2.08. The summed E-state index contributed by atoms with van der Waals surface area (Å²) >= 11 is 0. The van der Waals surface area contributed by atoms with E-state index in [2.05, 4.69) is 15.9 Å². The normalized spacial score (nSPS) is 11.8. The fourth-order valence-electron chi connectivity index (χ4n) is 0.648. The second kappa shape index (κ2) is 3.72. The molecule has 1 aromatic rings. The number of nitrogens with two attached hydrogens (primary N) is 1. The SMILES string of the molecule is C#CC(C)Oc1nc(N)ncc1F. The highest BCUT2D eigenvalue weighted by molar-refractivity contribution is 5.23. The van der Waals surface area contributed by atoms with Crippen LogP contribution in [0.15, 0.2) is 6.20 Å². The van der Waals surface area contributed by atoms with E-state index in [1.54, 1.807) is 6.92 Å². The Balaban J connectivity index is 2.88. The van der Waals surface area contributed by atoms with Gasteiger partial charge in [-0.2, -0.15) is 9.37 Å². The van der Waals surface area contributed by atoms with Crippen LogP contribution in [-0.4, -0.2) is 16.1 Å². The van der Waals surface area contributed by atoms with Crippen molar-refractivity contribution in [1.29, 1.82) is 0 Å². The van der Waals surface area contributed by atoms with Gasteiger partial charge < -0.3 is 10.5 Å². The van der Waals surface area contributed by atoms with Crippen LogP contribution in [0.5, 0.6) is 5.88 Å². The molecule has 5 heteroatoms. The average molecular weight is 181 g/mol.